The monoisotopic (exact) mass is 928 g/mol. The first-order valence-electron chi connectivity index (χ1n) is 23.1. The van der Waals surface area contributed by atoms with E-state index in [1.54, 1.807) is 36.5 Å². The Morgan fingerprint density at radius 2 is 1.55 bits per heavy atom. The highest BCUT2D eigenvalue weighted by Gasteiger charge is 2.47. The van der Waals surface area contributed by atoms with E-state index < -0.39 is 29.7 Å². The number of fused-ring (bicyclic) bond motifs is 1. The number of amides is 6. The molecule has 1 spiro atoms. The molecule has 1 aromatic heterocycles. The van der Waals surface area contributed by atoms with Gasteiger partial charge in [0.15, 0.2) is 5.82 Å². The molecule has 3 aliphatic heterocycles. The van der Waals surface area contributed by atoms with Gasteiger partial charge in [0.2, 0.25) is 23.6 Å². The van der Waals surface area contributed by atoms with Crippen LogP contribution in [0.3, 0.4) is 0 Å². The third-order valence-electron chi connectivity index (χ3n) is 13.5. The van der Waals surface area contributed by atoms with Crippen molar-refractivity contribution >= 4 is 81.8 Å². The average Bonchev–Trinajstić information content (AvgIpc) is 3.71. The van der Waals surface area contributed by atoms with Gasteiger partial charge in [-0.2, -0.15) is 0 Å². The smallest absolute Gasteiger partial charge is 0.264 e. The van der Waals surface area contributed by atoms with E-state index >= 15 is 0 Å². The average molecular weight is 930 g/mol. The van der Waals surface area contributed by atoms with E-state index in [9.17, 15) is 28.8 Å². The van der Waals surface area contributed by atoms with Crippen LogP contribution in [-0.2, 0) is 19.2 Å². The number of carbonyl (C=O) groups excluding carboxylic acids is 6. The van der Waals surface area contributed by atoms with Crippen LogP contribution in [0.25, 0.3) is 0 Å². The molecular weight excluding hydrogens is 868 g/mol. The number of rotatable bonds is 20. The SMILES string of the molecule is C[C@@H]1CCC2(CCN(c3cnc(Sc4cccc(NC(=O)CCC(=O)NCCCCCCCCCCNc5cccc6c5C(=O)N(C5CCC(=O)NC5=O)C6=O)c4Cl)c(N)n3)CC2)[C@@H]1N. The molecule has 6 amide bonds. The molecule has 2 saturated heterocycles. The normalized spacial score (nSPS) is 20.3. The first-order chi connectivity index (χ1) is 31.3. The van der Waals surface area contributed by atoms with Crippen LogP contribution in [0.4, 0.5) is 23.0 Å². The number of nitrogen functional groups attached to an aromatic ring is 1. The molecular formula is C47H61ClN10O6S. The summed E-state index contributed by atoms with van der Waals surface area (Å²) in [5, 5.41) is 12.2. The molecule has 4 aliphatic rings. The van der Waals surface area contributed by atoms with Gasteiger partial charge in [-0.05, 0) is 80.5 Å². The second kappa shape index (κ2) is 21.8. The fraction of sp³-hybridized carbons (Fsp3) is 0.532. The number of carbonyl (C=O) groups is 6. The van der Waals surface area contributed by atoms with Crippen molar-refractivity contribution in [3.8, 4) is 0 Å². The van der Waals surface area contributed by atoms with Crippen molar-refractivity contribution in [2.75, 3.05) is 47.4 Å². The number of nitrogens with zero attached hydrogens (tertiary/aromatic N) is 4. The maximum absolute atomic E-state index is 13.3. The van der Waals surface area contributed by atoms with Crippen molar-refractivity contribution in [1.82, 2.24) is 25.5 Å². The van der Waals surface area contributed by atoms with Crippen molar-refractivity contribution in [2.24, 2.45) is 17.1 Å². The molecule has 4 heterocycles. The van der Waals surface area contributed by atoms with Gasteiger partial charge in [0.25, 0.3) is 11.8 Å². The minimum atomic E-state index is -0.993. The zero-order valence-corrected chi connectivity index (χ0v) is 38.7. The number of hydrogen-bond donors (Lipinski definition) is 6. The molecule has 2 aromatic carbocycles. The molecule has 1 aliphatic carbocycles. The lowest BCUT2D eigenvalue weighted by Crippen LogP contribution is -2.54. The van der Waals surface area contributed by atoms with Crippen LogP contribution in [0.1, 0.15) is 130 Å². The lowest BCUT2D eigenvalue weighted by atomic mass is 9.73. The topological polar surface area (TPSA) is 235 Å². The number of benzene rings is 2. The molecule has 0 radical (unpaired) electrons. The van der Waals surface area contributed by atoms with Gasteiger partial charge in [0.05, 0.1) is 28.0 Å². The molecule has 3 atom stereocenters. The largest absolute Gasteiger partial charge is 0.384 e. The van der Waals surface area contributed by atoms with Gasteiger partial charge in [-0.1, -0.05) is 80.9 Å². The van der Waals surface area contributed by atoms with Crippen molar-refractivity contribution in [3.63, 3.8) is 0 Å². The maximum atomic E-state index is 13.3. The zero-order valence-electron chi connectivity index (χ0n) is 37.1. The highest BCUT2D eigenvalue weighted by molar-refractivity contribution is 7.99. The Morgan fingerprint density at radius 1 is 0.877 bits per heavy atom. The van der Waals surface area contributed by atoms with Crippen LogP contribution >= 0.6 is 23.4 Å². The number of piperidine rings is 2. The summed E-state index contributed by atoms with van der Waals surface area (Å²) in [6.45, 7) is 5.19. The molecule has 0 bridgehead atoms. The molecule has 7 rings (SSSR count). The molecule has 18 heteroatoms. The lowest BCUT2D eigenvalue weighted by Gasteiger charge is -2.43. The number of imide groups is 2. The van der Waals surface area contributed by atoms with Gasteiger partial charge in [-0.25, -0.2) is 9.97 Å². The van der Waals surface area contributed by atoms with Crippen LogP contribution in [0, 0.1) is 11.3 Å². The molecule has 348 valence electrons. The van der Waals surface area contributed by atoms with Crippen LogP contribution in [0.5, 0.6) is 0 Å². The predicted octanol–water partition coefficient (Wildman–Crippen LogP) is 6.68. The molecule has 65 heavy (non-hydrogen) atoms. The number of halogens is 1. The van der Waals surface area contributed by atoms with E-state index in [-0.39, 0.29) is 60.1 Å². The lowest BCUT2D eigenvalue weighted by molar-refractivity contribution is -0.136. The first-order valence-corrected chi connectivity index (χ1v) is 24.3. The van der Waals surface area contributed by atoms with E-state index in [0.29, 0.717) is 51.1 Å². The Morgan fingerprint density at radius 3 is 2.25 bits per heavy atom. The predicted molar refractivity (Wildman–Crippen MR) is 252 cm³/mol. The van der Waals surface area contributed by atoms with E-state index in [4.69, 9.17) is 23.1 Å². The minimum absolute atomic E-state index is 0.0199. The fourth-order valence-electron chi connectivity index (χ4n) is 9.59. The molecule has 3 fully saturated rings. The van der Waals surface area contributed by atoms with Crippen molar-refractivity contribution in [3.05, 3.63) is 58.7 Å². The van der Waals surface area contributed by atoms with Gasteiger partial charge >= 0.3 is 0 Å². The first kappa shape index (κ1) is 47.7. The van der Waals surface area contributed by atoms with E-state index in [2.05, 4.69) is 43.1 Å². The Labute approximate surface area is 389 Å². The molecule has 3 aromatic rings. The third kappa shape index (κ3) is 11.4. The minimum Gasteiger partial charge on any atom is -0.384 e. The summed E-state index contributed by atoms with van der Waals surface area (Å²) in [6.07, 6.45) is 14.5. The summed E-state index contributed by atoms with van der Waals surface area (Å²) < 4.78 is 0. The van der Waals surface area contributed by atoms with Gasteiger partial charge in [-0.15, -0.1) is 0 Å². The van der Waals surface area contributed by atoms with Crippen LogP contribution in [0.15, 0.2) is 52.5 Å². The Bertz CT molecular complexity index is 2270. The number of aromatic nitrogens is 2. The van der Waals surface area contributed by atoms with E-state index in [0.717, 1.165) is 88.0 Å². The molecule has 8 N–H and O–H groups in total. The number of hydrogen-bond acceptors (Lipinski definition) is 13. The van der Waals surface area contributed by atoms with E-state index in [1.165, 1.54) is 24.6 Å². The summed E-state index contributed by atoms with van der Waals surface area (Å²) in [6, 6.07) is 9.66. The summed E-state index contributed by atoms with van der Waals surface area (Å²) in [5.74, 6) is -0.923. The highest BCUT2D eigenvalue weighted by atomic mass is 35.5. The zero-order chi connectivity index (χ0) is 46.1. The van der Waals surface area contributed by atoms with Crippen LogP contribution in [0.2, 0.25) is 5.02 Å². The van der Waals surface area contributed by atoms with Crippen molar-refractivity contribution < 1.29 is 28.8 Å². The summed E-state index contributed by atoms with van der Waals surface area (Å²) >= 11 is 8.01. The fourth-order valence-corrected chi connectivity index (χ4v) is 10.7. The summed E-state index contributed by atoms with van der Waals surface area (Å²) in [5.41, 5.74) is 14.8. The Hall–Kier alpha value is -5.26. The Kier molecular flexibility index (Phi) is 16.0. The van der Waals surface area contributed by atoms with Gasteiger partial charge in [-0.3, -0.25) is 39.0 Å². The third-order valence-corrected chi connectivity index (χ3v) is 15.1. The van der Waals surface area contributed by atoms with Crippen LogP contribution in [-0.4, -0.2) is 88.6 Å². The molecule has 16 nitrogen and oxygen atoms in total. The second-order valence-electron chi connectivity index (χ2n) is 17.9. The quantitative estimate of drug-likeness (QED) is 0.0514. The molecule has 1 saturated carbocycles. The molecule has 1 unspecified atom stereocenters. The number of unbranched alkanes of at least 4 members (excludes halogenated alkanes) is 7. The van der Waals surface area contributed by atoms with Gasteiger partial charge in [0.1, 0.15) is 16.9 Å². The second-order valence-corrected chi connectivity index (χ2v) is 19.3. The summed E-state index contributed by atoms with van der Waals surface area (Å²) in [7, 11) is 0. The van der Waals surface area contributed by atoms with Crippen molar-refractivity contribution in [1.29, 1.82) is 0 Å². The summed E-state index contributed by atoms with van der Waals surface area (Å²) in [4.78, 5) is 88.8. The number of anilines is 4. The Balaban J connectivity index is 0.725. The number of nitrogens with one attached hydrogen (secondary N) is 4. The van der Waals surface area contributed by atoms with Crippen molar-refractivity contribution in [2.45, 2.75) is 132 Å². The van der Waals surface area contributed by atoms with Gasteiger partial charge in [0, 0.05) is 62.1 Å². The highest BCUT2D eigenvalue weighted by Crippen LogP contribution is 2.48. The van der Waals surface area contributed by atoms with E-state index in [1.807, 2.05) is 6.07 Å². The van der Waals surface area contributed by atoms with Crippen LogP contribution < -0.4 is 37.6 Å². The number of nitrogens with two attached hydrogens (primary N) is 2. The standard InChI is InChI=1S/C47H61ClN10O6S/c1-29-20-21-47(41(29)49)22-26-57(27-23-47)35-28-53-44(42(50)55-35)65-34-15-11-14-32(40(34)48)54-37(60)19-18-36(59)52-25-9-7-5-3-2-4-6-8-24-51-31-13-10-12-30-39(31)46(64)58(45(30)63)33-16-17-38(61)56-43(33)62/h10-15,28-29,33,41,51H,2-9,16-27,49H2,1H3,(H2,50,55)(H,52,59)(H,54,60)(H,56,61,62)/t29-,33?,41-/m1/s1. The van der Waals surface area contributed by atoms with Gasteiger partial charge < -0.3 is 32.3 Å². The maximum Gasteiger partial charge on any atom is 0.264 e.